The highest BCUT2D eigenvalue weighted by atomic mass is 19.1. The highest BCUT2D eigenvalue weighted by Gasteiger charge is 2.23. The van der Waals surface area contributed by atoms with E-state index in [0.717, 1.165) is 5.56 Å². The number of para-hydroxylation sites is 1. The Morgan fingerprint density at radius 1 is 1.14 bits per heavy atom. The van der Waals surface area contributed by atoms with E-state index in [1.54, 1.807) is 24.3 Å². The van der Waals surface area contributed by atoms with Crippen LogP contribution in [0, 0.1) is 0 Å². The summed E-state index contributed by atoms with van der Waals surface area (Å²) in [5, 5.41) is 9.18. The molecule has 0 amide bonds. The van der Waals surface area contributed by atoms with Crippen LogP contribution in [0.15, 0.2) is 48.3 Å². The monoisotopic (exact) mass is 298 g/mol. The number of rotatable bonds is 3. The molecular weight excluding hydrogens is 283 g/mol. The highest BCUT2D eigenvalue weighted by Crippen LogP contribution is 2.40. The van der Waals surface area contributed by atoms with Gasteiger partial charge in [-0.05, 0) is 35.7 Å². The fourth-order valence-corrected chi connectivity index (χ4v) is 2.82. The Kier molecular flexibility index (Phi) is 3.67. The number of allylic oxidation sites excluding steroid dienone is 1. The lowest BCUT2D eigenvalue weighted by Gasteiger charge is -2.21. The summed E-state index contributed by atoms with van der Waals surface area (Å²) in [7, 11) is 1.54. The number of fused-ring (bicyclic) bond motifs is 1. The molecular formula is C18H15FO3. The number of carboxylic acids is 1. The molecule has 0 atom stereocenters. The molecule has 22 heavy (non-hydrogen) atoms. The number of hydrogen-bond donors (Lipinski definition) is 1. The van der Waals surface area contributed by atoms with Crippen molar-refractivity contribution in [2.75, 3.05) is 7.11 Å². The van der Waals surface area contributed by atoms with Gasteiger partial charge in [0.05, 0.1) is 12.7 Å². The molecule has 1 aliphatic rings. The summed E-state index contributed by atoms with van der Waals surface area (Å²) in [5.74, 6) is -0.686. The number of aryl methyl sites for hydroxylation is 1. The molecule has 0 radical (unpaired) electrons. The molecule has 0 aromatic heterocycles. The average Bonchev–Trinajstić information content (AvgIpc) is 2.54. The van der Waals surface area contributed by atoms with Gasteiger partial charge in [-0.15, -0.1) is 0 Å². The predicted molar refractivity (Wildman–Crippen MR) is 81.8 cm³/mol. The Morgan fingerprint density at radius 3 is 2.64 bits per heavy atom. The van der Waals surface area contributed by atoms with Gasteiger partial charge < -0.3 is 9.84 Å². The van der Waals surface area contributed by atoms with Gasteiger partial charge in [0, 0.05) is 17.6 Å². The second-order valence-corrected chi connectivity index (χ2v) is 5.16. The zero-order valence-electron chi connectivity index (χ0n) is 12.1. The van der Waals surface area contributed by atoms with Crippen molar-refractivity contribution in [1.29, 1.82) is 0 Å². The van der Waals surface area contributed by atoms with Crippen LogP contribution in [0.5, 0.6) is 5.75 Å². The molecule has 0 unspecified atom stereocenters. The first-order chi connectivity index (χ1) is 10.6. The van der Waals surface area contributed by atoms with Crippen LogP contribution >= 0.6 is 0 Å². The van der Waals surface area contributed by atoms with Crippen molar-refractivity contribution in [3.63, 3.8) is 0 Å². The molecule has 0 spiro atoms. The third-order valence-corrected chi connectivity index (χ3v) is 3.89. The number of carbonyl (C=O) groups is 1. The zero-order valence-corrected chi connectivity index (χ0v) is 12.1. The Labute approximate surface area is 127 Å². The standard InChI is InChI=1S/C18H15FO3/c1-22-16-5-3-2-4-13(16)17-14-10-12(18(20)21)7-6-11(14)8-9-15(17)19/h2-7,10H,8-9H2,1H3,(H,20,21). The number of aromatic carboxylic acids is 1. The van der Waals surface area contributed by atoms with Crippen molar-refractivity contribution in [2.45, 2.75) is 12.8 Å². The molecule has 3 rings (SSSR count). The summed E-state index contributed by atoms with van der Waals surface area (Å²) in [6.07, 6.45) is 0.881. The fourth-order valence-electron chi connectivity index (χ4n) is 2.82. The van der Waals surface area contributed by atoms with Gasteiger partial charge in [-0.3, -0.25) is 0 Å². The fraction of sp³-hybridized carbons (Fsp3) is 0.167. The van der Waals surface area contributed by atoms with Crippen LogP contribution in [0.1, 0.15) is 33.5 Å². The Balaban J connectivity index is 2.24. The van der Waals surface area contributed by atoms with E-state index in [0.29, 0.717) is 35.3 Å². The van der Waals surface area contributed by atoms with Gasteiger partial charge in [-0.25, -0.2) is 9.18 Å². The van der Waals surface area contributed by atoms with E-state index in [-0.39, 0.29) is 11.4 Å². The van der Waals surface area contributed by atoms with E-state index >= 15 is 0 Å². The smallest absolute Gasteiger partial charge is 0.335 e. The van der Waals surface area contributed by atoms with Gasteiger partial charge in [0.15, 0.2) is 0 Å². The summed E-state index contributed by atoms with van der Waals surface area (Å²) in [6, 6.07) is 12.1. The molecule has 112 valence electrons. The SMILES string of the molecule is COc1ccccc1C1=C(F)CCc2ccc(C(=O)O)cc21. The third kappa shape index (κ3) is 2.37. The van der Waals surface area contributed by atoms with Crippen LogP contribution in [0.4, 0.5) is 4.39 Å². The van der Waals surface area contributed by atoms with Crippen molar-refractivity contribution in [2.24, 2.45) is 0 Å². The van der Waals surface area contributed by atoms with Crippen molar-refractivity contribution < 1.29 is 19.0 Å². The number of hydrogen-bond acceptors (Lipinski definition) is 2. The summed E-state index contributed by atoms with van der Waals surface area (Å²) in [5.41, 5.74) is 2.81. The van der Waals surface area contributed by atoms with E-state index in [1.165, 1.54) is 13.2 Å². The lowest BCUT2D eigenvalue weighted by Crippen LogP contribution is -2.07. The van der Waals surface area contributed by atoms with Crippen LogP contribution in [0.3, 0.4) is 0 Å². The number of methoxy groups -OCH3 is 1. The van der Waals surface area contributed by atoms with Crippen molar-refractivity contribution in [1.82, 2.24) is 0 Å². The molecule has 0 fully saturated rings. The first-order valence-electron chi connectivity index (χ1n) is 7.00. The lowest BCUT2D eigenvalue weighted by molar-refractivity contribution is 0.0697. The quantitative estimate of drug-likeness (QED) is 0.929. The molecule has 0 bridgehead atoms. The molecule has 4 heteroatoms. The summed E-state index contributed by atoms with van der Waals surface area (Å²) < 4.78 is 19.9. The molecule has 1 N–H and O–H groups in total. The van der Waals surface area contributed by atoms with E-state index in [9.17, 15) is 14.3 Å². The number of carboxylic acid groups (broad SMARTS) is 1. The van der Waals surface area contributed by atoms with Gasteiger partial charge in [0.2, 0.25) is 0 Å². The van der Waals surface area contributed by atoms with Crippen LogP contribution in [-0.4, -0.2) is 18.2 Å². The van der Waals surface area contributed by atoms with Crippen LogP contribution in [0.2, 0.25) is 0 Å². The van der Waals surface area contributed by atoms with Gasteiger partial charge in [0.1, 0.15) is 11.6 Å². The number of halogens is 1. The average molecular weight is 298 g/mol. The minimum Gasteiger partial charge on any atom is -0.496 e. The zero-order chi connectivity index (χ0) is 15.7. The maximum absolute atomic E-state index is 14.5. The van der Waals surface area contributed by atoms with Gasteiger partial charge in [-0.2, -0.15) is 0 Å². The van der Waals surface area contributed by atoms with E-state index in [1.807, 2.05) is 12.1 Å². The summed E-state index contributed by atoms with van der Waals surface area (Å²) >= 11 is 0. The van der Waals surface area contributed by atoms with Crippen LogP contribution in [0.25, 0.3) is 5.57 Å². The van der Waals surface area contributed by atoms with Crippen LogP contribution in [-0.2, 0) is 6.42 Å². The van der Waals surface area contributed by atoms with Gasteiger partial charge in [0.25, 0.3) is 0 Å². The molecule has 3 nitrogen and oxygen atoms in total. The highest BCUT2D eigenvalue weighted by molar-refractivity contribution is 5.92. The van der Waals surface area contributed by atoms with E-state index in [2.05, 4.69) is 0 Å². The normalized spacial score (nSPS) is 13.7. The maximum Gasteiger partial charge on any atom is 0.335 e. The first kappa shape index (κ1) is 14.3. The van der Waals surface area contributed by atoms with Crippen molar-refractivity contribution in [3.05, 3.63) is 70.5 Å². The minimum absolute atomic E-state index is 0.154. The largest absolute Gasteiger partial charge is 0.496 e. The topological polar surface area (TPSA) is 46.5 Å². The second-order valence-electron chi connectivity index (χ2n) is 5.16. The Bertz CT molecular complexity index is 778. The second kappa shape index (κ2) is 5.64. The van der Waals surface area contributed by atoms with Crippen molar-refractivity contribution in [3.8, 4) is 5.75 Å². The predicted octanol–water partition coefficient (Wildman–Crippen LogP) is 4.07. The van der Waals surface area contributed by atoms with Crippen LogP contribution < -0.4 is 4.74 Å². The third-order valence-electron chi connectivity index (χ3n) is 3.89. The van der Waals surface area contributed by atoms with E-state index < -0.39 is 5.97 Å². The molecule has 0 aliphatic heterocycles. The summed E-state index contributed by atoms with van der Waals surface area (Å²) in [4.78, 5) is 11.2. The number of ether oxygens (including phenoxy) is 1. The molecule has 0 saturated carbocycles. The Morgan fingerprint density at radius 2 is 1.91 bits per heavy atom. The maximum atomic E-state index is 14.5. The summed E-state index contributed by atoms with van der Waals surface area (Å²) in [6.45, 7) is 0. The molecule has 0 saturated heterocycles. The lowest BCUT2D eigenvalue weighted by atomic mass is 9.85. The number of benzene rings is 2. The molecule has 2 aromatic rings. The van der Waals surface area contributed by atoms with Crippen molar-refractivity contribution >= 4 is 11.5 Å². The minimum atomic E-state index is -1.02. The van der Waals surface area contributed by atoms with Gasteiger partial charge >= 0.3 is 5.97 Å². The molecule has 0 heterocycles. The molecule has 2 aromatic carbocycles. The van der Waals surface area contributed by atoms with Gasteiger partial charge in [-0.1, -0.05) is 24.3 Å². The first-order valence-corrected chi connectivity index (χ1v) is 7.00. The van der Waals surface area contributed by atoms with E-state index in [4.69, 9.17) is 4.74 Å². The Hall–Kier alpha value is -2.62. The molecule has 1 aliphatic carbocycles.